The first kappa shape index (κ1) is 13.2. The van der Waals surface area contributed by atoms with Crippen LogP contribution < -0.4 is 0 Å². The van der Waals surface area contributed by atoms with E-state index in [1.54, 1.807) is 0 Å². The maximum Gasteiger partial charge on any atom is 0.250 e. The van der Waals surface area contributed by atoms with Gasteiger partial charge in [-0.1, -0.05) is 34.6 Å². The average Bonchev–Trinajstić information content (AvgIpc) is 2.15. The topological polar surface area (TPSA) is 9.23 Å². The van der Waals surface area contributed by atoms with E-state index in [-0.39, 0.29) is 0 Å². The Morgan fingerprint density at radius 1 is 1.29 bits per heavy atom. The zero-order chi connectivity index (χ0) is 13.1. The van der Waals surface area contributed by atoms with Gasteiger partial charge in [0.25, 0.3) is 0 Å². The van der Waals surface area contributed by atoms with Gasteiger partial charge < -0.3 is 4.43 Å². The van der Waals surface area contributed by atoms with Gasteiger partial charge in [-0.05, 0) is 48.4 Å². The van der Waals surface area contributed by atoms with E-state index >= 15 is 0 Å². The highest BCUT2D eigenvalue weighted by Gasteiger charge is 2.53. The van der Waals surface area contributed by atoms with Crippen LogP contribution in [0.3, 0.4) is 0 Å². The lowest BCUT2D eigenvalue weighted by molar-refractivity contribution is -0.0308. The smallest absolute Gasteiger partial charge is 0.250 e. The van der Waals surface area contributed by atoms with Crippen LogP contribution in [0.4, 0.5) is 0 Å². The molecule has 2 bridgehead atoms. The van der Waals surface area contributed by atoms with Crippen LogP contribution in [0.25, 0.3) is 0 Å². The second-order valence-corrected chi connectivity index (χ2v) is 12.7. The fourth-order valence-corrected chi connectivity index (χ4v) is 3.98. The third-order valence-corrected chi connectivity index (χ3v) is 9.96. The fraction of sp³-hybridized carbons (Fsp3) is 0.867. The molecule has 0 saturated heterocycles. The van der Waals surface area contributed by atoms with Gasteiger partial charge in [0.05, 0.1) is 5.76 Å². The van der Waals surface area contributed by atoms with E-state index in [9.17, 15) is 0 Å². The van der Waals surface area contributed by atoms with Crippen LogP contribution in [-0.2, 0) is 4.43 Å². The summed E-state index contributed by atoms with van der Waals surface area (Å²) in [5, 5.41) is 0.304. The molecular formula is C15H28OSi. The highest BCUT2D eigenvalue weighted by molar-refractivity contribution is 6.74. The third kappa shape index (κ3) is 1.99. The van der Waals surface area contributed by atoms with Crippen LogP contribution in [0.1, 0.15) is 47.5 Å². The van der Waals surface area contributed by atoms with E-state index in [2.05, 4.69) is 53.8 Å². The number of rotatable bonds is 2. The Labute approximate surface area is 108 Å². The Balaban J connectivity index is 2.14. The minimum atomic E-state index is -1.64. The molecule has 0 aliphatic heterocycles. The average molecular weight is 252 g/mol. The Kier molecular flexibility index (Phi) is 2.82. The largest absolute Gasteiger partial charge is 0.547 e. The maximum atomic E-state index is 6.53. The summed E-state index contributed by atoms with van der Waals surface area (Å²) in [4.78, 5) is 0. The van der Waals surface area contributed by atoms with Gasteiger partial charge in [-0.3, -0.25) is 0 Å². The van der Waals surface area contributed by atoms with Crippen molar-refractivity contribution >= 4 is 8.32 Å². The molecule has 17 heavy (non-hydrogen) atoms. The number of hydrogen-bond acceptors (Lipinski definition) is 1. The van der Waals surface area contributed by atoms with Crippen molar-refractivity contribution in [2.24, 2.45) is 17.3 Å². The molecule has 2 heteroatoms. The molecule has 3 aliphatic rings. The van der Waals surface area contributed by atoms with Crippen molar-refractivity contribution in [2.45, 2.75) is 65.6 Å². The molecule has 0 aromatic rings. The van der Waals surface area contributed by atoms with Crippen molar-refractivity contribution in [1.29, 1.82) is 0 Å². The van der Waals surface area contributed by atoms with Gasteiger partial charge in [-0.15, -0.1) is 0 Å². The van der Waals surface area contributed by atoms with Crippen LogP contribution in [-0.4, -0.2) is 8.32 Å². The number of hydrogen-bond donors (Lipinski definition) is 0. The van der Waals surface area contributed by atoms with Crippen LogP contribution in [0, 0.1) is 17.3 Å². The summed E-state index contributed by atoms with van der Waals surface area (Å²) < 4.78 is 6.53. The van der Waals surface area contributed by atoms with Crippen LogP contribution in [0.15, 0.2) is 11.8 Å². The lowest BCUT2D eigenvalue weighted by Crippen LogP contribution is -2.51. The van der Waals surface area contributed by atoms with Crippen molar-refractivity contribution in [1.82, 2.24) is 0 Å². The van der Waals surface area contributed by atoms with Gasteiger partial charge in [-0.25, -0.2) is 0 Å². The minimum Gasteiger partial charge on any atom is -0.547 e. The van der Waals surface area contributed by atoms with Crippen molar-refractivity contribution in [3.05, 3.63) is 11.8 Å². The Bertz CT molecular complexity index is 346. The van der Waals surface area contributed by atoms with Crippen molar-refractivity contribution in [3.63, 3.8) is 0 Å². The maximum absolute atomic E-state index is 6.53. The standard InChI is InChI=1S/C15H28OSi/c1-14(2,3)17(6,7)16-13-9-8-11-10-12(13)15(11,4)5/h9,11-12H,8,10H2,1-7H3. The summed E-state index contributed by atoms with van der Waals surface area (Å²) in [5.41, 5.74) is 0.479. The normalized spacial score (nSPS) is 31.6. The summed E-state index contributed by atoms with van der Waals surface area (Å²) in [6, 6.07) is 0. The molecular weight excluding hydrogens is 224 g/mol. The van der Waals surface area contributed by atoms with Gasteiger partial charge in [0, 0.05) is 5.92 Å². The van der Waals surface area contributed by atoms with E-state index in [1.807, 2.05) is 0 Å². The van der Waals surface area contributed by atoms with Gasteiger partial charge in [-0.2, -0.15) is 0 Å². The van der Waals surface area contributed by atoms with Gasteiger partial charge >= 0.3 is 0 Å². The summed E-state index contributed by atoms with van der Waals surface area (Å²) in [6.07, 6.45) is 4.96. The summed E-state index contributed by atoms with van der Waals surface area (Å²) in [7, 11) is -1.64. The van der Waals surface area contributed by atoms with Crippen molar-refractivity contribution in [3.8, 4) is 0 Å². The van der Waals surface area contributed by atoms with E-state index in [1.165, 1.54) is 18.6 Å². The van der Waals surface area contributed by atoms with Gasteiger partial charge in [0.1, 0.15) is 0 Å². The molecule has 1 saturated carbocycles. The van der Waals surface area contributed by atoms with Gasteiger partial charge in [0.2, 0.25) is 8.32 Å². The fourth-order valence-electron chi connectivity index (χ4n) is 2.86. The molecule has 2 atom stereocenters. The van der Waals surface area contributed by atoms with E-state index in [4.69, 9.17) is 4.43 Å². The zero-order valence-corrected chi connectivity index (χ0v) is 13.6. The molecule has 98 valence electrons. The van der Waals surface area contributed by atoms with Crippen LogP contribution in [0.5, 0.6) is 0 Å². The van der Waals surface area contributed by atoms with E-state index in [0.717, 1.165) is 5.92 Å². The highest BCUT2D eigenvalue weighted by atomic mass is 28.4. The Morgan fingerprint density at radius 3 is 2.29 bits per heavy atom. The quantitative estimate of drug-likeness (QED) is 0.631. The number of allylic oxidation sites excluding steroid dienone is 2. The van der Waals surface area contributed by atoms with E-state index in [0.29, 0.717) is 16.4 Å². The van der Waals surface area contributed by atoms with E-state index < -0.39 is 8.32 Å². The Hall–Kier alpha value is -0.243. The molecule has 0 N–H and O–H groups in total. The molecule has 3 aliphatic carbocycles. The minimum absolute atomic E-state index is 0.304. The summed E-state index contributed by atoms with van der Waals surface area (Å²) in [5.74, 6) is 2.92. The molecule has 3 rings (SSSR count). The first-order valence-corrected chi connectivity index (χ1v) is 9.85. The lowest BCUT2D eigenvalue weighted by Gasteiger charge is -2.57. The van der Waals surface area contributed by atoms with Crippen molar-refractivity contribution in [2.75, 3.05) is 0 Å². The van der Waals surface area contributed by atoms with Crippen LogP contribution >= 0.6 is 0 Å². The predicted molar refractivity (Wildman–Crippen MR) is 76.4 cm³/mol. The first-order valence-electron chi connectivity index (χ1n) is 6.95. The van der Waals surface area contributed by atoms with Gasteiger partial charge in [0.15, 0.2) is 0 Å². The Morgan fingerprint density at radius 2 is 1.88 bits per heavy atom. The molecule has 2 unspecified atom stereocenters. The highest BCUT2D eigenvalue weighted by Crippen LogP contribution is 2.60. The first-order chi connectivity index (χ1) is 7.56. The number of fused-ring (bicyclic) bond motifs is 1. The zero-order valence-electron chi connectivity index (χ0n) is 12.6. The predicted octanol–water partition coefficient (Wildman–Crippen LogP) is 4.96. The SMILES string of the molecule is CC1(C)C2CC=C(O[Si](C)(C)C(C)(C)C)C1C2. The molecule has 0 amide bonds. The second kappa shape index (κ2) is 3.63. The molecule has 1 fully saturated rings. The summed E-state index contributed by atoms with van der Waals surface area (Å²) in [6.45, 7) is 16.5. The van der Waals surface area contributed by atoms with Crippen molar-refractivity contribution < 1.29 is 4.43 Å². The third-order valence-electron chi connectivity index (χ3n) is 5.60. The molecule has 0 aromatic carbocycles. The molecule has 1 nitrogen and oxygen atoms in total. The summed E-state index contributed by atoms with van der Waals surface area (Å²) >= 11 is 0. The second-order valence-electron chi connectivity index (χ2n) is 8.01. The monoisotopic (exact) mass is 252 g/mol. The molecule has 0 aromatic heterocycles. The van der Waals surface area contributed by atoms with Crippen LogP contribution in [0.2, 0.25) is 18.1 Å². The lowest BCUT2D eigenvalue weighted by atomic mass is 9.50. The molecule has 0 heterocycles. The molecule has 0 radical (unpaired) electrons. The molecule has 0 spiro atoms.